The van der Waals surface area contributed by atoms with Crippen LogP contribution in [0.1, 0.15) is 72.9 Å². The van der Waals surface area contributed by atoms with Crippen LogP contribution in [0.5, 0.6) is 0 Å². The van der Waals surface area contributed by atoms with E-state index in [0.29, 0.717) is 11.6 Å². The molecule has 34 heavy (non-hydrogen) atoms. The number of likely N-dealkylation sites (tertiary alicyclic amines) is 1. The standard InChI is InChI=1S/C28H33N3O3/c1-4-20-10-12-21(13-11-20)26-19-25(28(33)34-6-3)29-31(26)24-16-14-22(15-17-24)27(32)30-18-8-7-9-23(30)5-2/h10-17,19,23H,4-9,18H2,1-3H3/t23-/m0/s1. The number of piperidine rings is 1. The molecule has 6 nitrogen and oxygen atoms in total. The Balaban J connectivity index is 1.67. The highest BCUT2D eigenvalue weighted by Gasteiger charge is 2.26. The molecule has 1 aromatic heterocycles. The average molecular weight is 460 g/mol. The van der Waals surface area contributed by atoms with Crippen LogP contribution in [0.3, 0.4) is 0 Å². The van der Waals surface area contributed by atoms with Gasteiger partial charge in [0.15, 0.2) is 5.69 Å². The van der Waals surface area contributed by atoms with E-state index >= 15 is 0 Å². The highest BCUT2D eigenvalue weighted by Crippen LogP contribution is 2.26. The maximum absolute atomic E-state index is 13.2. The fourth-order valence-corrected chi connectivity index (χ4v) is 4.60. The fraction of sp³-hybridized carbons (Fsp3) is 0.393. The van der Waals surface area contributed by atoms with Crippen molar-refractivity contribution < 1.29 is 14.3 Å². The van der Waals surface area contributed by atoms with Gasteiger partial charge in [-0.05, 0) is 74.9 Å². The first-order chi connectivity index (χ1) is 16.5. The summed E-state index contributed by atoms with van der Waals surface area (Å²) < 4.78 is 6.93. The Morgan fingerprint density at radius 1 is 1.00 bits per heavy atom. The molecule has 3 aromatic rings. The predicted octanol–water partition coefficient (Wildman–Crippen LogP) is 5.68. The van der Waals surface area contributed by atoms with Gasteiger partial charge in [0.25, 0.3) is 5.91 Å². The Bertz CT molecular complexity index is 1130. The second kappa shape index (κ2) is 10.7. The van der Waals surface area contributed by atoms with Gasteiger partial charge in [-0.3, -0.25) is 4.79 Å². The van der Waals surface area contributed by atoms with Crippen molar-refractivity contribution in [3.05, 3.63) is 71.4 Å². The monoisotopic (exact) mass is 459 g/mol. The van der Waals surface area contributed by atoms with Crippen LogP contribution in [0.2, 0.25) is 0 Å². The Morgan fingerprint density at radius 3 is 2.38 bits per heavy atom. The molecule has 0 bridgehead atoms. The van der Waals surface area contributed by atoms with Crippen LogP contribution in [0.25, 0.3) is 16.9 Å². The van der Waals surface area contributed by atoms with Gasteiger partial charge in [0.2, 0.25) is 0 Å². The Hall–Kier alpha value is -3.41. The summed E-state index contributed by atoms with van der Waals surface area (Å²) in [6, 6.07) is 17.8. The molecule has 2 aromatic carbocycles. The molecular formula is C28H33N3O3. The summed E-state index contributed by atoms with van der Waals surface area (Å²) in [7, 11) is 0. The number of esters is 1. The molecule has 0 unspecified atom stereocenters. The van der Waals surface area contributed by atoms with E-state index in [0.717, 1.165) is 49.2 Å². The third-order valence-electron chi connectivity index (χ3n) is 6.57. The topological polar surface area (TPSA) is 64.4 Å². The smallest absolute Gasteiger partial charge is 0.358 e. The number of ether oxygens (including phenoxy) is 1. The van der Waals surface area contributed by atoms with Crippen molar-refractivity contribution in [3.63, 3.8) is 0 Å². The third kappa shape index (κ3) is 4.91. The Morgan fingerprint density at radius 2 is 1.74 bits per heavy atom. The van der Waals surface area contributed by atoms with E-state index in [1.165, 1.54) is 12.0 Å². The second-order valence-corrected chi connectivity index (χ2v) is 8.70. The predicted molar refractivity (Wildman–Crippen MR) is 133 cm³/mol. The number of carbonyl (C=O) groups is 2. The number of benzene rings is 2. The van der Waals surface area contributed by atoms with Crippen molar-refractivity contribution in [1.29, 1.82) is 0 Å². The SMILES string of the molecule is CCOC(=O)c1cc(-c2ccc(CC)cc2)n(-c2ccc(C(=O)N3CCCC[C@@H]3CC)cc2)n1. The lowest BCUT2D eigenvalue weighted by atomic mass is 9.99. The van der Waals surface area contributed by atoms with Gasteiger partial charge in [-0.15, -0.1) is 0 Å². The summed E-state index contributed by atoms with van der Waals surface area (Å²) in [5.74, 6) is -0.365. The molecule has 4 rings (SSSR count). The van der Waals surface area contributed by atoms with Crippen LogP contribution < -0.4 is 0 Å². The lowest BCUT2D eigenvalue weighted by Crippen LogP contribution is -2.43. The number of nitrogens with zero attached hydrogens (tertiary/aromatic N) is 3. The molecule has 1 fully saturated rings. The molecular weight excluding hydrogens is 426 g/mol. The minimum absolute atomic E-state index is 0.0844. The number of aryl methyl sites for hydroxylation is 1. The maximum atomic E-state index is 13.2. The van der Waals surface area contributed by atoms with Gasteiger partial charge in [0, 0.05) is 23.7 Å². The highest BCUT2D eigenvalue weighted by atomic mass is 16.5. The zero-order valence-electron chi connectivity index (χ0n) is 20.3. The van der Waals surface area contributed by atoms with Gasteiger partial charge >= 0.3 is 5.97 Å². The minimum Gasteiger partial charge on any atom is -0.461 e. The lowest BCUT2D eigenvalue weighted by molar-refractivity contribution is 0.0518. The number of aromatic nitrogens is 2. The van der Waals surface area contributed by atoms with E-state index in [1.54, 1.807) is 17.7 Å². The van der Waals surface area contributed by atoms with Gasteiger partial charge in [-0.25, -0.2) is 9.48 Å². The Kier molecular flexibility index (Phi) is 7.46. The van der Waals surface area contributed by atoms with E-state index in [-0.39, 0.29) is 18.2 Å². The van der Waals surface area contributed by atoms with Gasteiger partial charge in [-0.2, -0.15) is 5.10 Å². The number of amides is 1. The summed E-state index contributed by atoms with van der Waals surface area (Å²) in [4.78, 5) is 27.6. The summed E-state index contributed by atoms with van der Waals surface area (Å²) >= 11 is 0. The number of hydrogen-bond donors (Lipinski definition) is 0. The van der Waals surface area contributed by atoms with Crippen LogP contribution in [0.4, 0.5) is 0 Å². The fourth-order valence-electron chi connectivity index (χ4n) is 4.60. The van der Waals surface area contributed by atoms with Crippen molar-refractivity contribution >= 4 is 11.9 Å². The van der Waals surface area contributed by atoms with E-state index < -0.39 is 5.97 Å². The van der Waals surface area contributed by atoms with Gasteiger partial charge in [-0.1, -0.05) is 38.1 Å². The summed E-state index contributed by atoms with van der Waals surface area (Å²) in [5.41, 5.74) is 4.72. The van der Waals surface area contributed by atoms with Crippen molar-refractivity contribution in [3.8, 4) is 16.9 Å². The van der Waals surface area contributed by atoms with E-state index in [9.17, 15) is 9.59 Å². The maximum Gasteiger partial charge on any atom is 0.358 e. The molecule has 0 spiro atoms. The number of rotatable bonds is 7. The number of hydrogen-bond acceptors (Lipinski definition) is 4. The molecule has 1 aliphatic heterocycles. The molecule has 1 amide bonds. The zero-order chi connectivity index (χ0) is 24.1. The van der Waals surface area contributed by atoms with Crippen molar-refractivity contribution in [1.82, 2.24) is 14.7 Å². The third-order valence-corrected chi connectivity index (χ3v) is 6.57. The summed E-state index contributed by atoms with van der Waals surface area (Å²) in [6.45, 7) is 7.15. The van der Waals surface area contributed by atoms with E-state index in [1.807, 2.05) is 41.3 Å². The van der Waals surface area contributed by atoms with Crippen LogP contribution in [0, 0.1) is 0 Å². The normalized spacial score (nSPS) is 15.9. The summed E-state index contributed by atoms with van der Waals surface area (Å²) in [6.07, 6.45) is 5.26. The van der Waals surface area contributed by atoms with Crippen LogP contribution in [-0.2, 0) is 11.2 Å². The van der Waals surface area contributed by atoms with Crippen molar-refractivity contribution in [2.75, 3.05) is 13.2 Å². The molecule has 0 radical (unpaired) electrons. The molecule has 1 saturated heterocycles. The van der Waals surface area contributed by atoms with Crippen LogP contribution in [-0.4, -0.2) is 45.8 Å². The molecule has 0 N–H and O–H groups in total. The molecule has 0 aliphatic carbocycles. The highest BCUT2D eigenvalue weighted by molar-refractivity contribution is 5.94. The van der Waals surface area contributed by atoms with E-state index in [4.69, 9.17) is 4.74 Å². The first-order valence-electron chi connectivity index (χ1n) is 12.3. The quantitative estimate of drug-likeness (QED) is 0.426. The molecule has 1 aliphatic rings. The van der Waals surface area contributed by atoms with Gasteiger partial charge in [0.05, 0.1) is 18.0 Å². The lowest BCUT2D eigenvalue weighted by Gasteiger charge is -2.35. The van der Waals surface area contributed by atoms with E-state index in [2.05, 4.69) is 31.1 Å². The molecule has 2 heterocycles. The molecule has 178 valence electrons. The first-order valence-corrected chi connectivity index (χ1v) is 12.3. The second-order valence-electron chi connectivity index (χ2n) is 8.70. The average Bonchev–Trinajstić information content (AvgIpc) is 3.34. The molecule has 1 atom stereocenters. The molecule has 6 heteroatoms. The van der Waals surface area contributed by atoms with Crippen molar-refractivity contribution in [2.45, 2.75) is 58.9 Å². The van der Waals surface area contributed by atoms with Gasteiger partial charge < -0.3 is 9.64 Å². The Labute approximate surface area is 201 Å². The van der Waals surface area contributed by atoms with Crippen molar-refractivity contribution in [2.24, 2.45) is 0 Å². The molecule has 0 saturated carbocycles. The zero-order valence-corrected chi connectivity index (χ0v) is 20.3. The van der Waals surface area contributed by atoms with Crippen LogP contribution >= 0.6 is 0 Å². The summed E-state index contributed by atoms with van der Waals surface area (Å²) in [5, 5.41) is 4.55. The minimum atomic E-state index is -0.449. The number of carbonyl (C=O) groups excluding carboxylic acids is 2. The van der Waals surface area contributed by atoms with Crippen LogP contribution in [0.15, 0.2) is 54.6 Å². The first kappa shape index (κ1) is 23.7. The van der Waals surface area contributed by atoms with Gasteiger partial charge in [0.1, 0.15) is 0 Å². The largest absolute Gasteiger partial charge is 0.461 e.